The standard InChI is InChI=1S/C17H19FN2O3/c1-17(2,3)16-15(13(18)8-9-19-16)23-10-14(22)20-11-4-6-12(21)7-5-11/h4-9,21H,10H2,1-3H3,(H,20,22). The number of hydrogen-bond donors (Lipinski definition) is 2. The van der Waals surface area contributed by atoms with Crippen LogP contribution in [-0.4, -0.2) is 22.6 Å². The molecule has 0 fully saturated rings. The van der Waals surface area contributed by atoms with E-state index >= 15 is 0 Å². The van der Waals surface area contributed by atoms with Gasteiger partial charge in [-0.2, -0.15) is 0 Å². The highest BCUT2D eigenvalue weighted by Gasteiger charge is 2.24. The minimum absolute atomic E-state index is 0.0131. The number of halogens is 1. The van der Waals surface area contributed by atoms with Crippen molar-refractivity contribution in [3.8, 4) is 11.5 Å². The summed E-state index contributed by atoms with van der Waals surface area (Å²) in [5.41, 5.74) is 0.555. The van der Waals surface area contributed by atoms with Crippen LogP contribution in [0.1, 0.15) is 26.5 Å². The summed E-state index contributed by atoms with van der Waals surface area (Å²) in [4.78, 5) is 16.1. The Morgan fingerprint density at radius 1 is 1.26 bits per heavy atom. The number of amides is 1. The zero-order chi connectivity index (χ0) is 17.0. The van der Waals surface area contributed by atoms with Crippen molar-refractivity contribution in [3.63, 3.8) is 0 Å². The van der Waals surface area contributed by atoms with Gasteiger partial charge in [-0.25, -0.2) is 4.39 Å². The number of phenols is 1. The minimum atomic E-state index is -0.553. The summed E-state index contributed by atoms with van der Waals surface area (Å²) in [5, 5.41) is 11.8. The molecule has 2 rings (SSSR count). The largest absolute Gasteiger partial charge is 0.508 e. The summed E-state index contributed by atoms with van der Waals surface area (Å²) in [7, 11) is 0. The summed E-state index contributed by atoms with van der Waals surface area (Å²) < 4.78 is 19.3. The molecule has 0 saturated carbocycles. The van der Waals surface area contributed by atoms with Crippen LogP contribution in [-0.2, 0) is 10.2 Å². The third-order valence-electron chi connectivity index (χ3n) is 3.07. The van der Waals surface area contributed by atoms with Crippen LogP contribution in [0.4, 0.5) is 10.1 Å². The van der Waals surface area contributed by atoms with Crippen molar-refractivity contribution in [2.45, 2.75) is 26.2 Å². The van der Waals surface area contributed by atoms with Gasteiger partial charge in [-0.3, -0.25) is 9.78 Å². The molecule has 0 aliphatic rings. The van der Waals surface area contributed by atoms with Gasteiger partial charge in [0.1, 0.15) is 5.75 Å². The van der Waals surface area contributed by atoms with Crippen LogP contribution >= 0.6 is 0 Å². The van der Waals surface area contributed by atoms with Gasteiger partial charge in [-0.05, 0) is 30.3 Å². The summed E-state index contributed by atoms with van der Waals surface area (Å²) in [6.07, 6.45) is 1.37. The Kier molecular flexibility index (Phi) is 4.83. The summed E-state index contributed by atoms with van der Waals surface area (Å²) in [6.45, 7) is 5.32. The molecule has 23 heavy (non-hydrogen) atoms. The summed E-state index contributed by atoms with van der Waals surface area (Å²) in [6, 6.07) is 7.21. The third kappa shape index (κ3) is 4.42. The fourth-order valence-electron chi connectivity index (χ4n) is 1.98. The molecule has 122 valence electrons. The molecule has 0 radical (unpaired) electrons. The van der Waals surface area contributed by atoms with E-state index in [1.165, 1.54) is 24.4 Å². The number of pyridine rings is 1. The lowest BCUT2D eigenvalue weighted by molar-refractivity contribution is -0.118. The number of benzene rings is 1. The molecule has 1 aromatic carbocycles. The highest BCUT2D eigenvalue weighted by molar-refractivity contribution is 5.91. The van der Waals surface area contributed by atoms with Gasteiger partial charge in [-0.15, -0.1) is 0 Å². The number of ether oxygens (including phenoxy) is 1. The summed E-state index contributed by atoms with van der Waals surface area (Å²) >= 11 is 0. The van der Waals surface area contributed by atoms with Gasteiger partial charge in [0, 0.05) is 17.3 Å². The van der Waals surface area contributed by atoms with Gasteiger partial charge >= 0.3 is 0 Å². The average Bonchev–Trinajstić information content (AvgIpc) is 2.47. The Labute approximate surface area is 134 Å². The lowest BCUT2D eigenvalue weighted by atomic mass is 9.91. The molecule has 0 atom stereocenters. The van der Waals surface area contributed by atoms with Gasteiger partial charge in [-0.1, -0.05) is 20.8 Å². The second-order valence-corrected chi connectivity index (χ2v) is 6.10. The number of nitrogens with one attached hydrogen (secondary N) is 1. The molecule has 0 saturated heterocycles. The van der Waals surface area contributed by atoms with Crippen molar-refractivity contribution in [1.29, 1.82) is 0 Å². The Hall–Kier alpha value is -2.63. The van der Waals surface area contributed by atoms with Crippen LogP contribution in [0.3, 0.4) is 0 Å². The summed E-state index contributed by atoms with van der Waals surface area (Å²) in [5.74, 6) is -0.895. The molecule has 2 aromatic rings. The number of rotatable bonds is 4. The van der Waals surface area contributed by atoms with E-state index in [2.05, 4.69) is 10.3 Å². The SMILES string of the molecule is CC(C)(C)c1nccc(F)c1OCC(=O)Nc1ccc(O)cc1. The average molecular weight is 318 g/mol. The second-order valence-electron chi connectivity index (χ2n) is 6.10. The number of phenolic OH excluding ortho intramolecular Hbond substituents is 1. The first kappa shape index (κ1) is 16.7. The number of aromatic hydroxyl groups is 1. The van der Waals surface area contributed by atoms with Crippen LogP contribution in [0.5, 0.6) is 11.5 Å². The Morgan fingerprint density at radius 2 is 1.91 bits per heavy atom. The van der Waals surface area contributed by atoms with E-state index in [0.29, 0.717) is 11.4 Å². The molecule has 0 aliphatic heterocycles. The predicted molar refractivity (Wildman–Crippen MR) is 85.1 cm³/mol. The topological polar surface area (TPSA) is 71.5 Å². The van der Waals surface area contributed by atoms with Crippen LogP contribution in [0, 0.1) is 5.82 Å². The van der Waals surface area contributed by atoms with Gasteiger partial charge in [0.2, 0.25) is 0 Å². The lowest BCUT2D eigenvalue weighted by Gasteiger charge is -2.21. The van der Waals surface area contributed by atoms with E-state index in [1.54, 1.807) is 12.1 Å². The highest BCUT2D eigenvalue weighted by atomic mass is 19.1. The smallest absolute Gasteiger partial charge is 0.262 e. The van der Waals surface area contributed by atoms with Gasteiger partial charge in [0.15, 0.2) is 18.2 Å². The zero-order valence-electron chi connectivity index (χ0n) is 13.3. The van der Waals surface area contributed by atoms with Crippen molar-refractivity contribution < 1.29 is 19.0 Å². The first-order valence-corrected chi connectivity index (χ1v) is 7.14. The molecular formula is C17H19FN2O3. The Morgan fingerprint density at radius 3 is 2.52 bits per heavy atom. The number of carbonyl (C=O) groups excluding carboxylic acids is 1. The highest BCUT2D eigenvalue weighted by Crippen LogP contribution is 2.31. The van der Waals surface area contributed by atoms with Crippen LogP contribution in [0.25, 0.3) is 0 Å². The third-order valence-corrected chi connectivity index (χ3v) is 3.07. The van der Waals surface area contributed by atoms with Crippen molar-refractivity contribution >= 4 is 11.6 Å². The van der Waals surface area contributed by atoms with Crippen molar-refractivity contribution in [2.24, 2.45) is 0 Å². The van der Waals surface area contributed by atoms with E-state index in [1.807, 2.05) is 20.8 Å². The van der Waals surface area contributed by atoms with E-state index in [0.717, 1.165) is 0 Å². The molecule has 0 spiro atoms. The minimum Gasteiger partial charge on any atom is -0.508 e. The fraction of sp³-hybridized carbons (Fsp3) is 0.294. The maximum Gasteiger partial charge on any atom is 0.262 e. The monoisotopic (exact) mass is 318 g/mol. The maximum atomic E-state index is 14.0. The molecule has 5 nitrogen and oxygen atoms in total. The van der Waals surface area contributed by atoms with Crippen LogP contribution in [0.2, 0.25) is 0 Å². The Bertz CT molecular complexity index is 694. The first-order chi connectivity index (χ1) is 10.8. The first-order valence-electron chi connectivity index (χ1n) is 7.14. The van der Waals surface area contributed by atoms with E-state index < -0.39 is 17.1 Å². The van der Waals surface area contributed by atoms with Gasteiger partial charge in [0.05, 0.1) is 5.69 Å². The van der Waals surface area contributed by atoms with Crippen molar-refractivity contribution in [3.05, 3.63) is 48.0 Å². The van der Waals surface area contributed by atoms with Gasteiger partial charge in [0.25, 0.3) is 5.91 Å². The second kappa shape index (κ2) is 6.64. The molecule has 2 N–H and O–H groups in total. The number of aromatic nitrogens is 1. The Balaban J connectivity index is 2.06. The molecule has 1 amide bonds. The number of nitrogens with zero attached hydrogens (tertiary/aromatic N) is 1. The normalized spacial score (nSPS) is 11.1. The number of carbonyl (C=O) groups is 1. The number of anilines is 1. The quantitative estimate of drug-likeness (QED) is 0.849. The fourth-order valence-corrected chi connectivity index (χ4v) is 1.98. The maximum absolute atomic E-state index is 14.0. The zero-order valence-corrected chi connectivity index (χ0v) is 13.3. The molecule has 6 heteroatoms. The van der Waals surface area contributed by atoms with Gasteiger partial charge < -0.3 is 15.2 Å². The lowest BCUT2D eigenvalue weighted by Crippen LogP contribution is -2.23. The molecule has 0 unspecified atom stereocenters. The van der Waals surface area contributed by atoms with Crippen molar-refractivity contribution in [1.82, 2.24) is 4.98 Å². The molecule has 0 aliphatic carbocycles. The van der Waals surface area contributed by atoms with Crippen molar-refractivity contribution in [2.75, 3.05) is 11.9 Å². The van der Waals surface area contributed by atoms with E-state index in [-0.39, 0.29) is 18.1 Å². The van der Waals surface area contributed by atoms with E-state index in [4.69, 9.17) is 4.74 Å². The predicted octanol–water partition coefficient (Wildman–Crippen LogP) is 3.24. The molecule has 1 heterocycles. The molecular weight excluding hydrogens is 299 g/mol. The number of hydrogen-bond acceptors (Lipinski definition) is 4. The molecule has 0 bridgehead atoms. The van der Waals surface area contributed by atoms with Crippen LogP contribution in [0.15, 0.2) is 36.5 Å². The molecule has 1 aromatic heterocycles. The van der Waals surface area contributed by atoms with Crippen LogP contribution < -0.4 is 10.1 Å². The van der Waals surface area contributed by atoms with E-state index in [9.17, 15) is 14.3 Å².